The minimum atomic E-state index is -0.762. The van der Waals surface area contributed by atoms with Crippen molar-refractivity contribution in [1.29, 1.82) is 0 Å². The van der Waals surface area contributed by atoms with E-state index in [0.717, 1.165) is 5.56 Å². The fourth-order valence-corrected chi connectivity index (χ4v) is 2.72. The van der Waals surface area contributed by atoms with E-state index in [4.69, 9.17) is 32.7 Å². The number of carbonyl (C=O) groups is 1. The van der Waals surface area contributed by atoms with Gasteiger partial charge in [-0.15, -0.1) is 0 Å². The van der Waals surface area contributed by atoms with E-state index in [9.17, 15) is 4.79 Å². The predicted molar refractivity (Wildman–Crippen MR) is 95.5 cm³/mol. The third-order valence-electron chi connectivity index (χ3n) is 4.01. The van der Waals surface area contributed by atoms with E-state index < -0.39 is 5.41 Å². The maximum atomic E-state index is 12.7. The van der Waals surface area contributed by atoms with E-state index in [2.05, 4.69) is 5.32 Å². The van der Waals surface area contributed by atoms with E-state index in [1.54, 1.807) is 18.2 Å². The molecule has 0 radical (unpaired) electrons. The molecule has 0 atom stereocenters. The third-order valence-corrected chi connectivity index (χ3v) is 4.75. The fraction of sp³-hybridized carbons (Fsp3) is 0.278. The van der Waals surface area contributed by atoms with Crippen LogP contribution in [0.3, 0.4) is 0 Å². The molecule has 0 spiro atoms. The Hall–Kier alpha value is -1.91. The van der Waals surface area contributed by atoms with Gasteiger partial charge in [0.2, 0.25) is 5.91 Å². The van der Waals surface area contributed by atoms with Crippen molar-refractivity contribution in [2.45, 2.75) is 19.3 Å². The van der Waals surface area contributed by atoms with E-state index in [1.165, 1.54) is 0 Å². The van der Waals surface area contributed by atoms with Gasteiger partial charge in [0.05, 0.1) is 15.5 Å². The molecule has 6 heteroatoms. The van der Waals surface area contributed by atoms with Gasteiger partial charge in [-0.1, -0.05) is 29.3 Å². The van der Waals surface area contributed by atoms with Gasteiger partial charge in [0.15, 0.2) is 11.5 Å². The molecule has 0 saturated heterocycles. The van der Waals surface area contributed by atoms with Crippen molar-refractivity contribution in [3.63, 3.8) is 0 Å². The maximum absolute atomic E-state index is 12.7. The molecule has 0 aromatic heterocycles. The van der Waals surface area contributed by atoms with Crippen LogP contribution in [0, 0.1) is 0 Å². The number of nitrogens with one attached hydrogen (secondary N) is 1. The molecule has 1 aliphatic rings. The van der Waals surface area contributed by atoms with Crippen LogP contribution in [-0.4, -0.2) is 19.1 Å². The number of rotatable bonds is 3. The molecule has 24 heavy (non-hydrogen) atoms. The Morgan fingerprint density at radius 1 is 1.00 bits per heavy atom. The summed E-state index contributed by atoms with van der Waals surface area (Å²) in [4.78, 5) is 12.7. The Bertz CT molecular complexity index is 790. The molecule has 1 N–H and O–H groups in total. The lowest BCUT2D eigenvalue weighted by Gasteiger charge is -2.26. The first-order chi connectivity index (χ1) is 11.4. The highest BCUT2D eigenvalue weighted by Crippen LogP contribution is 2.36. The van der Waals surface area contributed by atoms with Crippen LogP contribution < -0.4 is 14.8 Å². The number of anilines is 1. The van der Waals surface area contributed by atoms with Crippen LogP contribution >= 0.6 is 23.2 Å². The van der Waals surface area contributed by atoms with E-state index in [1.807, 2.05) is 32.0 Å². The van der Waals surface area contributed by atoms with Crippen LogP contribution in [0.2, 0.25) is 10.0 Å². The first kappa shape index (κ1) is 16.9. The van der Waals surface area contributed by atoms with Crippen LogP contribution in [0.4, 0.5) is 5.69 Å². The highest BCUT2D eigenvalue weighted by molar-refractivity contribution is 6.42. The maximum Gasteiger partial charge on any atom is 0.234 e. The van der Waals surface area contributed by atoms with Gasteiger partial charge in [-0.05, 0) is 49.7 Å². The Morgan fingerprint density at radius 3 is 2.42 bits per heavy atom. The van der Waals surface area contributed by atoms with Gasteiger partial charge < -0.3 is 14.8 Å². The molecule has 3 rings (SSSR count). The largest absolute Gasteiger partial charge is 0.486 e. The standard InChI is InChI=1S/C18H17Cl2NO3/c1-18(2,11-3-6-15-16(9-11)24-8-7-23-15)17(22)21-12-4-5-13(19)14(20)10-12/h3-6,9-10H,7-8H2,1-2H3,(H,21,22). The second-order valence-electron chi connectivity index (χ2n) is 6.07. The lowest BCUT2D eigenvalue weighted by Crippen LogP contribution is -2.34. The SMILES string of the molecule is CC(C)(C(=O)Nc1ccc(Cl)c(Cl)c1)c1ccc2c(c1)OCCO2. The Balaban J connectivity index is 1.83. The Labute approximate surface area is 150 Å². The third kappa shape index (κ3) is 3.30. The predicted octanol–water partition coefficient (Wildman–Crippen LogP) is 4.68. The van der Waals surface area contributed by atoms with Crippen molar-refractivity contribution >= 4 is 34.8 Å². The van der Waals surface area contributed by atoms with Gasteiger partial charge in [-0.25, -0.2) is 0 Å². The number of benzene rings is 2. The molecule has 0 bridgehead atoms. The van der Waals surface area contributed by atoms with Crippen molar-refractivity contribution in [2.75, 3.05) is 18.5 Å². The molecule has 126 valence electrons. The van der Waals surface area contributed by atoms with Crippen LogP contribution in [0.15, 0.2) is 36.4 Å². The van der Waals surface area contributed by atoms with Crippen LogP contribution in [0.1, 0.15) is 19.4 Å². The molecule has 0 saturated carbocycles. The minimum absolute atomic E-state index is 0.155. The summed E-state index contributed by atoms with van der Waals surface area (Å²) in [6.07, 6.45) is 0. The number of halogens is 2. The normalized spacial score (nSPS) is 13.5. The summed E-state index contributed by atoms with van der Waals surface area (Å²) < 4.78 is 11.1. The first-order valence-corrected chi connectivity index (χ1v) is 8.30. The number of carbonyl (C=O) groups excluding carboxylic acids is 1. The molecule has 1 aliphatic heterocycles. The smallest absolute Gasteiger partial charge is 0.234 e. The van der Waals surface area contributed by atoms with Crippen molar-refractivity contribution < 1.29 is 14.3 Å². The highest BCUT2D eigenvalue weighted by Gasteiger charge is 2.31. The zero-order valence-corrected chi connectivity index (χ0v) is 14.9. The zero-order chi connectivity index (χ0) is 17.3. The zero-order valence-electron chi connectivity index (χ0n) is 13.4. The van der Waals surface area contributed by atoms with E-state index in [-0.39, 0.29) is 5.91 Å². The monoisotopic (exact) mass is 365 g/mol. The lowest BCUT2D eigenvalue weighted by molar-refractivity contribution is -0.120. The number of amides is 1. The molecule has 1 heterocycles. The molecule has 0 fully saturated rings. The minimum Gasteiger partial charge on any atom is -0.486 e. The van der Waals surface area contributed by atoms with E-state index in [0.29, 0.717) is 40.4 Å². The fourth-order valence-electron chi connectivity index (χ4n) is 2.42. The highest BCUT2D eigenvalue weighted by atomic mass is 35.5. The van der Waals surface area contributed by atoms with Crippen LogP contribution in [0.25, 0.3) is 0 Å². The summed E-state index contributed by atoms with van der Waals surface area (Å²) in [6.45, 7) is 4.75. The van der Waals surface area contributed by atoms with Gasteiger partial charge in [0.1, 0.15) is 13.2 Å². The molecule has 0 unspecified atom stereocenters. The Morgan fingerprint density at radius 2 is 1.71 bits per heavy atom. The summed E-state index contributed by atoms with van der Waals surface area (Å²) in [7, 11) is 0. The quantitative estimate of drug-likeness (QED) is 0.858. The summed E-state index contributed by atoms with van der Waals surface area (Å²) in [5.41, 5.74) is 0.673. The molecule has 0 aliphatic carbocycles. The van der Waals surface area contributed by atoms with Gasteiger partial charge in [-0.2, -0.15) is 0 Å². The van der Waals surface area contributed by atoms with Gasteiger partial charge in [-0.3, -0.25) is 4.79 Å². The lowest BCUT2D eigenvalue weighted by atomic mass is 9.83. The molecule has 1 amide bonds. The molecular weight excluding hydrogens is 349 g/mol. The second kappa shape index (κ2) is 6.54. The van der Waals surface area contributed by atoms with E-state index >= 15 is 0 Å². The molecule has 2 aromatic rings. The van der Waals surface area contributed by atoms with Crippen LogP contribution in [0.5, 0.6) is 11.5 Å². The Kier molecular flexibility index (Phi) is 4.61. The number of fused-ring (bicyclic) bond motifs is 1. The number of hydrogen-bond acceptors (Lipinski definition) is 3. The number of ether oxygens (including phenoxy) is 2. The average Bonchev–Trinajstić information content (AvgIpc) is 2.57. The van der Waals surface area contributed by atoms with Gasteiger partial charge in [0, 0.05) is 5.69 Å². The summed E-state index contributed by atoms with van der Waals surface area (Å²) >= 11 is 11.9. The second-order valence-corrected chi connectivity index (χ2v) is 6.88. The summed E-state index contributed by atoms with van der Waals surface area (Å²) in [5, 5.41) is 3.71. The van der Waals surface area contributed by atoms with Crippen molar-refractivity contribution in [3.8, 4) is 11.5 Å². The topological polar surface area (TPSA) is 47.6 Å². The molecule has 2 aromatic carbocycles. The van der Waals surface area contributed by atoms with Crippen molar-refractivity contribution in [2.24, 2.45) is 0 Å². The van der Waals surface area contributed by atoms with Gasteiger partial charge in [0.25, 0.3) is 0 Å². The van der Waals surface area contributed by atoms with Gasteiger partial charge >= 0.3 is 0 Å². The average molecular weight is 366 g/mol. The number of hydrogen-bond donors (Lipinski definition) is 1. The molecular formula is C18H17Cl2NO3. The summed E-state index contributed by atoms with van der Waals surface area (Å²) in [6, 6.07) is 10.5. The van der Waals surface area contributed by atoms with Crippen molar-refractivity contribution in [3.05, 3.63) is 52.0 Å². The molecule has 4 nitrogen and oxygen atoms in total. The summed E-state index contributed by atoms with van der Waals surface area (Å²) in [5.74, 6) is 1.21. The first-order valence-electron chi connectivity index (χ1n) is 7.54. The van der Waals surface area contributed by atoms with Crippen molar-refractivity contribution in [1.82, 2.24) is 0 Å². The van der Waals surface area contributed by atoms with Crippen LogP contribution in [-0.2, 0) is 10.2 Å².